The first kappa shape index (κ1) is 14.5. The Balaban J connectivity index is 1.89. The van der Waals surface area contributed by atoms with Crippen molar-refractivity contribution in [3.05, 3.63) is 70.8 Å². The second kappa shape index (κ2) is 5.55. The molecule has 2 aromatic rings. The number of aliphatic hydroxyl groups excluding tert-OH is 1. The molecule has 22 heavy (non-hydrogen) atoms. The Morgan fingerprint density at radius 1 is 1.09 bits per heavy atom. The predicted octanol–water partition coefficient (Wildman–Crippen LogP) is 3.87. The van der Waals surface area contributed by atoms with Gasteiger partial charge < -0.3 is 0 Å². The summed E-state index contributed by atoms with van der Waals surface area (Å²) in [6.45, 7) is 0. The molecule has 0 saturated heterocycles. The molecule has 0 spiro atoms. The van der Waals surface area contributed by atoms with E-state index in [9.17, 15) is 5.11 Å². The summed E-state index contributed by atoms with van der Waals surface area (Å²) in [4.78, 5) is 0. The Hall–Kier alpha value is -1.04. The zero-order valence-electron chi connectivity index (χ0n) is 13.0. The van der Waals surface area contributed by atoms with Crippen LogP contribution >= 0.6 is 0 Å². The number of benzene rings is 2. The van der Waals surface area contributed by atoms with Crippen molar-refractivity contribution in [3.63, 3.8) is 0 Å². The van der Waals surface area contributed by atoms with E-state index >= 15 is 0 Å². The van der Waals surface area contributed by atoms with Gasteiger partial charge in [-0.05, 0) is 0 Å². The molecule has 1 nitrogen and oxygen atoms in total. The van der Waals surface area contributed by atoms with Gasteiger partial charge in [0.15, 0.2) is 0 Å². The molecule has 1 unspecified atom stereocenters. The van der Waals surface area contributed by atoms with Crippen molar-refractivity contribution in [2.24, 2.45) is 0 Å². The van der Waals surface area contributed by atoms with Crippen molar-refractivity contribution >= 4 is 15.8 Å². The van der Waals surface area contributed by atoms with E-state index in [4.69, 9.17) is 0 Å². The van der Waals surface area contributed by atoms with E-state index in [2.05, 4.69) is 54.2 Å². The van der Waals surface area contributed by atoms with Crippen molar-refractivity contribution in [3.8, 4) is 0 Å². The first-order chi connectivity index (χ1) is 10.8. The molecule has 2 atom stereocenters. The summed E-state index contributed by atoms with van der Waals surface area (Å²) in [6.07, 6.45) is 3.15. The zero-order valence-corrected chi connectivity index (χ0v) is 15.1. The molecular weight excluding hydrogens is 331 g/mol. The molecule has 5 rings (SSSR count). The van der Waals surface area contributed by atoms with Gasteiger partial charge in [-0.25, -0.2) is 0 Å². The molecule has 3 aliphatic carbocycles. The van der Waals surface area contributed by atoms with Crippen molar-refractivity contribution in [1.82, 2.24) is 0 Å². The van der Waals surface area contributed by atoms with Crippen LogP contribution in [0.15, 0.2) is 48.5 Å². The van der Waals surface area contributed by atoms with Crippen LogP contribution in [-0.2, 0) is 5.41 Å². The zero-order chi connectivity index (χ0) is 15.2. The van der Waals surface area contributed by atoms with Crippen LogP contribution in [0.4, 0.5) is 0 Å². The van der Waals surface area contributed by atoms with Gasteiger partial charge in [-0.15, -0.1) is 0 Å². The molecule has 0 heterocycles. The Labute approximate surface area is 139 Å². The minimum atomic E-state index is -0.152. The Kier molecular flexibility index (Phi) is 3.67. The average Bonchev–Trinajstić information content (AvgIpc) is 2.56. The number of fused-ring (bicyclic) bond motifs is 1. The minimum absolute atomic E-state index is 0.0127. The van der Waals surface area contributed by atoms with Gasteiger partial charge in [0.25, 0.3) is 0 Å². The molecule has 0 aromatic heterocycles. The molecule has 2 bridgehead atoms. The summed E-state index contributed by atoms with van der Waals surface area (Å²) in [6, 6.07) is 17.9. The first-order valence-electron chi connectivity index (χ1n) is 8.28. The quantitative estimate of drug-likeness (QED) is 0.827. The molecule has 2 aromatic carbocycles. The summed E-state index contributed by atoms with van der Waals surface area (Å²) in [5.41, 5.74) is 8.31. The van der Waals surface area contributed by atoms with Crippen LogP contribution in [0.3, 0.4) is 0 Å². The van der Waals surface area contributed by atoms with E-state index in [1.807, 2.05) is 0 Å². The third-order valence-corrected chi connectivity index (χ3v) is 7.43. The number of aliphatic hydroxyl groups is 1. The first-order valence-corrected chi connectivity index (χ1v) is 11.9. The second-order valence-electron chi connectivity index (χ2n) is 6.76. The van der Waals surface area contributed by atoms with Gasteiger partial charge in [-0.2, -0.15) is 0 Å². The van der Waals surface area contributed by atoms with Crippen LogP contribution in [0, 0.1) is 0 Å². The van der Waals surface area contributed by atoms with E-state index in [-0.39, 0.29) is 27.3 Å². The summed E-state index contributed by atoms with van der Waals surface area (Å²) in [5.74, 6) is 0.561. The van der Waals surface area contributed by atoms with Crippen LogP contribution in [0.1, 0.15) is 47.4 Å². The molecule has 0 aliphatic heterocycles. The Morgan fingerprint density at radius 3 is 2.27 bits per heavy atom. The molecule has 3 aliphatic rings. The van der Waals surface area contributed by atoms with Crippen LogP contribution in [0.2, 0.25) is 10.9 Å². The van der Waals surface area contributed by atoms with Crippen molar-refractivity contribution < 1.29 is 5.11 Å². The monoisotopic (exact) mass is 354 g/mol. The van der Waals surface area contributed by atoms with Crippen molar-refractivity contribution in [2.75, 3.05) is 0 Å². The summed E-state index contributed by atoms with van der Waals surface area (Å²) < 4.78 is 0. The Bertz CT molecular complexity index is 646. The van der Waals surface area contributed by atoms with Crippen LogP contribution in [0.5, 0.6) is 0 Å². The molecule has 114 valence electrons. The molecule has 0 saturated carbocycles. The van der Waals surface area contributed by atoms with E-state index < -0.39 is 0 Å². The fourth-order valence-electron chi connectivity index (χ4n) is 4.79. The molecule has 1 N–H and O–H groups in total. The number of hydrogen-bond acceptors (Lipinski definition) is 1. The van der Waals surface area contributed by atoms with Crippen molar-refractivity contribution in [1.29, 1.82) is 0 Å². The van der Waals surface area contributed by atoms with Gasteiger partial charge in [0.05, 0.1) is 0 Å². The van der Waals surface area contributed by atoms with Gasteiger partial charge >= 0.3 is 139 Å². The van der Waals surface area contributed by atoms with E-state index in [0.717, 1.165) is 11.6 Å². The second-order valence-corrected chi connectivity index (χ2v) is 9.10. The standard InChI is InChI=1S/C20H23AsO/c1-21-13-14(22)12-20-11-10-15(16-6-2-4-8-18(16)20)17-7-3-5-9-19(17)20/h2-9,14-15,21-22H,10-13H2,1H3/t14-,15?,20?/m0/s1. The summed E-state index contributed by atoms with van der Waals surface area (Å²) in [5, 5.41) is 11.6. The van der Waals surface area contributed by atoms with Gasteiger partial charge in [0, 0.05) is 0 Å². The Morgan fingerprint density at radius 2 is 1.68 bits per heavy atom. The maximum atomic E-state index is 10.6. The summed E-state index contributed by atoms with van der Waals surface area (Å²) >= 11 is 0.0127. The van der Waals surface area contributed by atoms with Gasteiger partial charge in [-0.1, -0.05) is 0 Å². The number of rotatable bonds is 4. The summed E-state index contributed by atoms with van der Waals surface area (Å²) in [7, 11) is 0. The topological polar surface area (TPSA) is 20.2 Å². The van der Waals surface area contributed by atoms with E-state index in [0.29, 0.717) is 5.92 Å². The molecule has 0 fully saturated rings. The molecule has 2 heteroatoms. The third-order valence-electron chi connectivity index (χ3n) is 5.59. The molecular formula is C20H23AsO. The maximum absolute atomic E-state index is 10.6. The van der Waals surface area contributed by atoms with Gasteiger partial charge in [0.1, 0.15) is 0 Å². The third kappa shape index (κ3) is 2.02. The van der Waals surface area contributed by atoms with E-state index in [1.54, 1.807) is 0 Å². The van der Waals surface area contributed by atoms with Gasteiger partial charge in [-0.3, -0.25) is 0 Å². The normalized spacial score (nSPS) is 26.9. The van der Waals surface area contributed by atoms with Crippen molar-refractivity contribution in [2.45, 2.75) is 47.6 Å². The van der Waals surface area contributed by atoms with Crippen LogP contribution in [-0.4, -0.2) is 27.0 Å². The van der Waals surface area contributed by atoms with Gasteiger partial charge in [0.2, 0.25) is 0 Å². The fourth-order valence-corrected chi connectivity index (χ4v) is 6.08. The molecule has 0 radical (unpaired) electrons. The molecule has 0 amide bonds. The predicted molar refractivity (Wildman–Crippen MR) is 93.2 cm³/mol. The SMILES string of the molecule is C[AsH]C[C@@H](O)CC12CCC(c3ccccc31)c1ccccc12. The fraction of sp³-hybridized carbons (Fsp3) is 0.400. The van der Waals surface area contributed by atoms with Crippen LogP contribution < -0.4 is 0 Å². The van der Waals surface area contributed by atoms with Crippen LogP contribution in [0.25, 0.3) is 0 Å². The number of hydrogen-bond donors (Lipinski definition) is 1. The average molecular weight is 354 g/mol. The van der Waals surface area contributed by atoms with E-state index in [1.165, 1.54) is 35.1 Å².